The van der Waals surface area contributed by atoms with E-state index >= 15 is 4.39 Å². The molecule has 0 unspecified atom stereocenters. The number of nitrogens with zero attached hydrogens (tertiary/aromatic N) is 2. The van der Waals surface area contributed by atoms with Crippen molar-refractivity contribution in [3.8, 4) is 0 Å². The predicted octanol–water partition coefficient (Wildman–Crippen LogP) is 6.74. The molecule has 0 spiro atoms. The Morgan fingerprint density at radius 3 is 2.13 bits per heavy atom. The Morgan fingerprint density at radius 1 is 0.867 bits per heavy atom. The van der Waals surface area contributed by atoms with Crippen LogP contribution in [0.1, 0.15) is 25.0 Å². The highest BCUT2D eigenvalue weighted by Gasteiger charge is 2.35. The van der Waals surface area contributed by atoms with Crippen LogP contribution in [0.4, 0.5) is 10.1 Å². The molecule has 4 rings (SSSR count). The first kappa shape index (κ1) is 34.0. The average Bonchev–Trinajstić information content (AvgIpc) is 3.03. The SMILES string of the molecule is CC(C)CNC(=O)[C@H](Cc1ccccc1)N(Cc1ccccc1F)C(=O)CN(c1cc(Cl)ccc1Cl)S(=O)(=O)c1ccccc1. The Bertz CT molecular complexity index is 1720. The first-order valence-corrected chi connectivity index (χ1v) is 16.5. The van der Waals surface area contributed by atoms with Crippen molar-refractivity contribution in [1.82, 2.24) is 10.2 Å². The molecule has 0 heterocycles. The van der Waals surface area contributed by atoms with Crippen LogP contribution < -0.4 is 9.62 Å². The van der Waals surface area contributed by atoms with Gasteiger partial charge in [-0.15, -0.1) is 0 Å². The van der Waals surface area contributed by atoms with E-state index in [2.05, 4.69) is 5.32 Å². The van der Waals surface area contributed by atoms with Crippen LogP contribution in [0.25, 0.3) is 0 Å². The summed E-state index contributed by atoms with van der Waals surface area (Å²) < 4.78 is 44.0. The predicted molar refractivity (Wildman–Crippen MR) is 176 cm³/mol. The van der Waals surface area contributed by atoms with E-state index in [4.69, 9.17) is 23.2 Å². The molecule has 7 nitrogen and oxygen atoms in total. The molecule has 1 N–H and O–H groups in total. The summed E-state index contributed by atoms with van der Waals surface area (Å²) in [5.74, 6) is -1.63. The van der Waals surface area contributed by atoms with Gasteiger partial charge in [0, 0.05) is 30.1 Å². The van der Waals surface area contributed by atoms with Gasteiger partial charge in [-0.2, -0.15) is 0 Å². The fraction of sp³-hybridized carbons (Fsp3) is 0.235. The van der Waals surface area contributed by atoms with Crippen LogP contribution >= 0.6 is 23.2 Å². The number of carbonyl (C=O) groups is 2. The maximum atomic E-state index is 15.0. The van der Waals surface area contributed by atoms with Crippen molar-refractivity contribution in [2.75, 3.05) is 17.4 Å². The summed E-state index contributed by atoms with van der Waals surface area (Å²) in [4.78, 5) is 29.4. The van der Waals surface area contributed by atoms with Gasteiger partial charge >= 0.3 is 0 Å². The second-order valence-electron chi connectivity index (χ2n) is 10.9. The van der Waals surface area contributed by atoms with Gasteiger partial charge in [0.1, 0.15) is 18.4 Å². The molecule has 0 aliphatic carbocycles. The number of benzene rings is 4. The van der Waals surface area contributed by atoms with Gasteiger partial charge in [-0.3, -0.25) is 13.9 Å². The highest BCUT2D eigenvalue weighted by molar-refractivity contribution is 7.92. The van der Waals surface area contributed by atoms with Gasteiger partial charge in [0.05, 0.1) is 15.6 Å². The Kier molecular flexibility index (Phi) is 11.6. The lowest BCUT2D eigenvalue weighted by molar-refractivity contribution is -0.140. The van der Waals surface area contributed by atoms with Crippen LogP contribution in [0.3, 0.4) is 0 Å². The summed E-state index contributed by atoms with van der Waals surface area (Å²) >= 11 is 12.7. The number of anilines is 1. The molecule has 45 heavy (non-hydrogen) atoms. The number of amides is 2. The summed E-state index contributed by atoms with van der Waals surface area (Å²) in [7, 11) is -4.36. The van der Waals surface area contributed by atoms with Crippen molar-refractivity contribution in [1.29, 1.82) is 0 Å². The van der Waals surface area contributed by atoms with Gasteiger partial charge in [-0.25, -0.2) is 12.8 Å². The Hall–Kier alpha value is -3.92. The standard InChI is InChI=1S/C34H34Cl2FN3O4S/c1-24(2)21-38-34(42)32(19-25-11-5-3-6-12-25)39(22-26-13-9-10-16-30(26)37)33(41)23-40(31-20-27(35)17-18-29(31)36)45(43,44)28-14-7-4-8-15-28/h3-18,20,24,32H,19,21-23H2,1-2H3,(H,38,42)/t32-/m0/s1. The van der Waals surface area contributed by atoms with Crippen LogP contribution in [-0.2, 0) is 32.6 Å². The molecule has 0 aliphatic rings. The lowest BCUT2D eigenvalue weighted by Gasteiger charge is -2.34. The molecule has 0 bridgehead atoms. The smallest absolute Gasteiger partial charge is 0.264 e. The summed E-state index contributed by atoms with van der Waals surface area (Å²) in [6.45, 7) is 3.19. The van der Waals surface area contributed by atoms with Crippen LogP contribution in [-0.4, -0.2) is 44.3 Å². The van der Waals surface area contributed by atoms with Crippen LogP contribution in [0.5, 0.6) is 0 Å². The minimum absolute atomic E-state index is 0.0175. The van der Waals surface area contributed by atoms with Gasteiger partial charge in [-0.1, -0.05) is 104 Å². The molecule has 0 saturated heterocycles. The maximum Gasteiger partial charge on any atom is 0.264 e. The van der Waals surface area contributed by atoms with Crippen molar-refractivity contribution in [3.05, 3.63) is 130 Å². The van der Waals surface area contributed by atoms with Crippen molar-refractivity contribution >= 4 is 50.7 Å². The molecule has 1 atom stereocenters. The largest absolute Gasteiger partial charge is 0.354 e. The maximum absolute atomic E-state index is 15.0. The summed E-state index contributed by atoms with van der Waals surface area (Å²) in [6.07, 6.45) is 0.105. The molecule has 236 valence electrons. The third-order valence-corrected chi connectivity index (χ3v) is 9.37. The zero-order valence-corrected chi connectivity index (χ0v) is 27.2. The number of rotatable bonds is 13. The minimum atomic E-state index is -4.36. The van der Waals surface area contributed by atoms with E-state index in [1.807, 2.05) is 44.2 Å². The number of carbonyl (C=O) groups excluding carboxylic acids is 2. The van der Waals surface area contributed by atoms with Crippen LogP contribution in [0, 0.1) is 11.7 Å². The van der Waals surface area contributed by atoms with Crippen LogP contribution in [0.15, 0.2) is 108 Å². The zero-order valence-electron chi connectivity index (χ0n) is 24.9. The van der Waals surface area contributed by atoms with E-state index in [0.29, 0.717) is 6.54 Å². The zero-order chi connectivity index (χ0) is 32.6. The van der Waals surface area contributed by atoms with E-state index in [1.54, 1.807) is 24.3 Å². The fourth-order valence-electron chi connectivity index (χ4n) is 4.70. The molecular weight excluding hydrogens is 636 g/mol. The van der Waals surface area contributed by atoms with E-state index in [9.17, 15) is 18.0 Å². The molecular formula is C34H34Cl2FN3O4S. The van der Waals surface area contributed by atoms with Crippen molar-refractivity contribution < 1.29 is 22.4 Å². The van der Waals surface area contributed by atoms with Gasteiger partial charge in [0.15, 0.2) is 0 Å². The third-order valence-electron chi connectivity index (χ3n) is 7.04. The van der Waals surface area contributed by atoms with Gasteiger partial charge in [0.25, 0.3) is 10.0 Å². The van der Waals surface area contributed by atoms with E-state index in [1.165, 1.54) is 53.4 Å². The Labute approximate surface area is 273 Å². The summed E-state index contributed by atoms with van der Waals surface area (Å²) in [5.41, 5.74) is 0.912. The summed E-state index contributed by atoms with van der Waals surface area (Å²) in [5, 5.41) is 3.15. The van der Waals surface area contributed by atoms with E-state index in [-0.39, 0.29) is 45.1 Å². The monoisotopic (exact) mass is 669 g/mol. The Balaban J connectivity index is 1.83. The van der Waals surface area contributed by atoms with Crippen molar-refractivity contribution in [3.63, 3.8) is 0 Å². The molecule has 0 aliphatic heterocycles. The first-order chi connectivity index (χ1) is 21.5. The first-order valence-electron chi connectivity index (χ1n) is 14.3. The van der Waals surface area contributed by atoms with Crippen LogP contribution in [0.2, 0.25) is 10.0 Å². The molecule has 4 aromatic rings. The highest BCUT2D eigenvalue weighted by Crippen LogP contribution is 2.33. The quantitative estimate of drug-likeness (QED) is 0.171. The second kappa shape index (κ2) is 15.4. The molecule has 11 heteroatoms. The number of hydrogen-bond donors (Lipinski definition) is 1. The third kappa shape index (κ3) is 8.84. The minimum Gasteiger partial charge on any atom is -0.354 e. The van der Waals surface area contributed by atoms with Crippen molar-refractivity contribution in [2.45, 2.75) is 37.8 Å². The number of sulfonamides is 1. The van der Waals surface area contributed by atoms with Gasteiger partial charge in [0.2, 0.25) is 11.8 Å². The fourth-order valence-corrected chi connectivity index (χ4v) is 6.58. The van der Waals surface area contributed by atoms with Gasteiger partial charge in [-0.05, 0) is 47.9 Å². The lowest BCUT2D eigenvalue weighted by atomic mass is 10.0. The molecule has 0 fully saturated rings. The van der Waals surface area contributed by atoms with Gasteiger partial charge < -0.3 is 10.2 Å². The topological polar surface area (TPSA) is 86.8 Å². The van der Waals surface area contributed by atoms with E-state index in [0.717, 1.165) is 9.87 Å². The Morgan fingerprint density at radius 2 is 1.49 bits per heavy atom. The molecule has 2 amide bonds. The summed E-state index contributed by atoms with van der Waals surface area (Å²) in [6, 6.07) is 25.8. The number of hydrogen-bond acceptors (Lipinski definition) is 4. The molecule has 0 radical (unpaired) electrons. The average molecular weight is 671 g/mol. The molecule has 4 aromatic carbocycles. The van der Waals surface area contributed by atoms with E-state index < -0.39 is 40.2 Å². The molecule has 0 aromatic heterocycles. The second-order valence-corrected chi connectivity index (χ2v) is 13.6. The normalized spacial score (nSPS) is 12.0. The number of halogens is 3. The molecule has 0 saturated carbocycles. The lowest BCUT2D eigenvalue weighted by Crippen LogP contribution is -2.53. The van der Waals surface area contributed by atoms with Crippen molar-refractivity contribution in [2.24, 2.45) is 5.92 Å². The number of nitrogens with one attached hydrogen (secondary N) is 1. The highest BCUT2D eigenvalue weighted by atomic mass is 35.5.